The molecule has 0 unspecified atom stereocenters. The highest BCUT2D eigenvalue weighted by molar-refractivity contribution is 9.10. The molecule has 3 rings (SSSR count). The van der Waals surface area contributed by atoms with Crippen LogP contribution in [0.25, 0.3) is 10.2 Å². The first-order valence-electron chi connectivity index (χ1n) is 9.13. The number of fused-ring (bicyclic) bond motifs is 1. The number of ether oxygens (including phenoxy) is 2. The molecule has 2 aromatic heterocycles. The van der Waals surface area contributed by atoms with E-state index in [1.54, 1.807) is 19.2 Å². The quantitative estimate of drug-likeness (QED) is 0.402. The predicted molar refractivity (Wildman–Crippen MR) is 121 cm³/mol. The Morgan fingerprint density at radius 2 is 2.17 bits per heavy atom. The second-order valence-electron chi connectivity index (χ2n) is 6.40. The average Bonchev–Trinajstić information content (AvgIpc) is 3.00. The highest BCUT2D eigenvalue weighted by Crippen LogP contribution is 2.36. The van der Waals surface area contributed by atoms with Gasteiger partial charge in [0.05, 0.1) is 36.1 Å². The zero-order valence-electron chi connectivity index (χ0n) is 17.0. The van der Waals surface area contributed by atoms with E-state index < -0.39 is 5.91 Å². The topological polar surface area (TPSA) is 94.8 Å². The molecule has 10 heteroatoms. The summed E-state index contributed by atoms with van der Waals surface area (Å²) < 4.78 is 12.9. The number of amides is 1. The summed E-state index contributed by atoms with van der Waals surface area (Å²) in [4.78, 5) is 30.9. The number of aryl methyl sites for hydroxylation is 2. The van der Waals surface area contributed by atoms with Gasteiger partial charge in [-0.1, -0.05) is 0 Å². The van der Waals surface area contributed by atoms with Crippen LogP contribution in [-0.4, -0.2) is 35.4 Å². The smallest absolute Gasteiger partial charge is 0.262 e. The van der Waals surface area contributed by atoms with Gasteiger partial charge in [0.2, 0.25) is 0 Å². The molecule has 1 amide bonds. The van der Waals surface area contributed by atoms with Crippen LogP contribution in [0.1, 0.15) is 22.9 Å². The minimum absolute atomic E-state index is 0.177. The molecule has 0 fully saturated rings. The van der Waals surface area contributed by atoms with Gasteiger partial charge in [0.15, 0.2) is 11.5 Å². The molecule has 1 N–H and O–H groups in total. The summed E-state index contributed by atoms with van der Waals surface area (Å²) in [7, 11) is 1.55. The van der Waals surface area contributed by atoms with Crippen LogP contribution in [0.2, 0.25) is 0 Å². The summed E-state index contributed by atoms with van der Waals surface area (Å²) in [5.74, 6) is 0.713. The lowest BCUT2D eigenvalue weighted by Gasteiger charge is -2.12. The molecule has 0 atom stereocenters. The van der Waals surface area contributed by atoms with E-state index in [2.05, 4.69) is 31.4 Å². The third kappa shape index (κ3) is 4.54. The molecule has 0 aliphatic heterocycles. The standard InChI is InChI=1S/C20H21BrN4O4S/c1-5-29-18-14(21)6-13(7-15(18)28-4)8-23-24-16(26)9-25-10-22-19-17(20(25)27)11(2)12(3)30-19/h6-8,10H,5,9H2,1-4H3,(H,24,26)/b23-8+. The maximum absolute atomic E-state index is 12.7. The average molecular weight is 493 g/mol. The van der Waals surface area contributed by atoms with E-state index in [-0.39, 0.29) is 12.1 Å². The van der Waals surface area contributed by atoms with E-state index in [0.717, 1.165) is 10.4 Å². The summed E-state index contributed by atoms with van der Waals surface area (Å²) in [5.41, 5.74) is 3.79. The number of methoxy groups -OCH3 is 1. The van der Waals surface area contributed by atoms with Gasteiger partial charge in [0.1, 0.15) is 11.4 Å². The number of hydrazone groups is 1. The number of benzene rings is 1. The Balaban J connectivity index is 1.72. The molecule has 8 nitrogen and oxygen atoms in total. The Kier molecular flexibility index (Phi) is 6.88. The van der Waals surface area contributed by atoms with Gasteiger partial charge in [-0.15, -0.1) is 11.3 Å². The van der Waals surface area contributed by atoms with E-state index in [0.29, 0.717) is 38.4 Å². The molecule has 0 radical (unpaired) electrons. The van der Waals surface area contributed by atoms with Gasteiger partial charge in [-0.3, -0.25) is 14.2 Å². The van der Waals surface area contributed by atoms with Gasteiger partial charge in [0.25, 0.3) is 11.5 Å². The molecule has 0 spiro atoms. The molecular formula is C20H21BrN4O4S. The number of nitrogens with one attached hydrogen (secondary N) is 1. The molecule has 3 aromatic rings. The molecular weight excluding hydrogens is 472 g/mol. The number of thiophene rings is 1. The maximum atomic E-state index is 12.7. The molecule has 1 aromatic carbocycles. The molecule has 30 heavy (non-hydrogen) atoms. The lowest BCUT2D eigenvalue weighted by molar-refractivity contribution is -0.121. The number of hydrogen-bond donors (Lipinski definition) is 1. The van der Waals surface area contributed by atoms with Crippen LogP contribution >= 0.6 is 27.3 Å². The van der Waals surface area contributed by atoms with Crippen molar-refractivity contribution >= 4 is 49.6 Å². The fourth-order valence-electron chi connectivity index (χ4n) is 2.85. The van der Waals surface area contributed by atoms with Crippen LogP contribution in [0.4, 0.5) is 0 Å². The SMILES string of the molecule is CCOc1c(Br)cc(/C=N/NC(=O)Cn2cnc3sc(C)c(C)c3c2=O)cc1OC. The van der Waals surface area contributed by atoms with Crippen molar-refractivity contribution in [2.75, 3.05) is 13.7 Å². The number of hydrogen-bond acceptors (Lipinski definition) is 7. The van der Waals surface area contributed by atoms with Crippen molar-refractivity contribution in [2.45, 2.75) is 27.3 Å². The highest BCUT2D eigenvalue weighted by atomic mass is 79.9. The summed E-state index contributed by atoms with van der Waals surface area (Å²) in [6, 6.07) is 3.54. The van der Waals surface area contributed by atoms with Crippen molar-refractivity contribution in [2.24, 2.45) is 5.10 Å². The minimum Gasteiger partial charge on any atom is -0.493 e. The fourth-order valence-corrected chi connectivity index (χ4v) is 4.41. The number of aromatic nitrogens is 2. The molecule has 0 saturated heterocycles. The fraction of sp³-hybridized carbons (Fsp3) is 0.300. The Labute approximate surface area is 185 Å². The molecule has 158 valence electrons. The van der Waals surface area contributed by atoms with E-state index in [1.807, 2.05) is 20.8 Å². The largest absolute Gasteiger partial charge is 0.493 e. The zero-order valence-corrected chi connectivity index (χ0v) is 19.4. The second-order valence-corrected chi connectivity index (χ2v) is 8.46. The summed E-state index contributed by atoms with van der Waals surface area (Å²) >= 11 is 4.91. The number of halogens is 1. The molecule has 2 heterocycles. The van der Waals surface area contributed by atoms with Crippen molar-refractivity contribution in [1.29, 1.82) is 0 Å². The van der Waals surface area contributed by atoms with Crippen molar-refractivity contribution in [3.05, 3.63) is 49.3 Å². The van der Waals surface area contributed by atoms with Crippen LogP contribution in [-0.2, 0) is 11.3 Å². The molecule has 0 saturated carbocycles. The number of rotatable bonds is 7. The minimum atomic E-state index is -0.434. The highest BCUT2D eigenvalue weighted by Gasteiger charge is 2.14. The van der Waals surface area contributed by atoms with Gasteiger partial charge < -0.3 is 9.47 Å². The number of carbonyl (C=O) groups excluding carboxylic acids is 1. The van der Waals surface area contributed by atoms with Crippen LogP contribution in [0.3, 0.4) is 0 Å². The number of nitrogens with zero attached hydrogens (tertiary/aromatic N) is 3. The van der Waals surface area contributed by atoms with Crippen LogP contribution in [0.15, 0.2) is 32.8 Å². The summed E-state index contributed by atoms with van der Waals surface area (Å²) in [6.45, 7) is 6.04. The summed E-state index contributed by atoms with van der Waals surface area (Å²) in [5, 5.41) is 4.53. The van der Waals surface area contributed by atoms with E-state index in [9.17, 15) is 9.59 Å². The Hall–Kier alpha value is -2.72. The van der Waals surface area contributed by atoms with Gasteiger partial charge in [-0.05, 0) is 60.0 Å². The first-order chi connectivity index (χ1) is 14.3. The Morgan fingerprint density at radius 1 is 1.40 bits per heavy atom. The van der Waals surface area contributed by atoms with Crippen molar-refractivity contribution in [1.82, 2.24) is 15.0 Å². The van der Waals surface area contributed by atoms with Crippen molar-refractivity contribution < 1.29 is 14.3 Å². The van der Waals surface area contributed by atoms with Crippen molar-refractivity contribution in [3.63, 3.8) is 0 Å². The van der Waals surface area contributed by atoms with Gasteiger partial charge >= 0.3 is 0 Å². The summed E-state index contributed by atoms with van der Waals surface area (Å²) in [6.07, 6.45) is 2.87. The molecule has 0 bridgehead atoms. The van der Waals surface area contributed by atoms with Crippen LogP contribution < -0.4 is 20.5 Å². The first kappa shape index (κ1) is 22.0. The van der Waals surface area contributed by atoms with Crippen LogP contribution in [0.5, 0.6) is 11.5 Å². The van der Waals surface area contributed by atoms with E-state index in [4.69, 9.17) is 9.47 Å². The van der Waals surface area contributed by atoms with Crippen molar-refractivity contribution in [3.8, 4) is 11.5 Å². The molecule has 0 aliphatic carbocycles. The molecule has 0 aliphatic rings. The normalized spacial score (nSPS) is 11.2. The maximum Gasteiger partial charge on any atom is 0.262 e. The van der Waals surface area contributed by atoms with Gasteiger partial charge in [0, 0.05) is 4.88 Å². The van der Waals surface area contributed by atoms with Crippen LogP contribution in [0, 0.1) is 13.8 Å². The zero-order chi connectivity index (χ0) is 21.8. The lowest BCUT2D eigenvalue weighted by atomic mass is 10.2. The predicted octanol–water partition coefficient (Wildman–Crippen LogP) is 3.39. The van der Waals surface area contributed by atoms with Gasteiger partial charge in [-0.25, -0.2) is 10.4 Å². The van der Waals surface area contributed by atoms with E-state index in [1.165, 1.54) is 28.4 Å². The third-order valence-electron chi connectivity index (χ3n) is 4.41. The second kappa shape index (κ2) is 9.40. The Morgan fingerprint density at radius 3 is 2.87 bits per heavy atom. The first-order valence-corrected chi connectivity index (χ1v) is 10.7. The monoisotopic (exact) mass is 492 g/mol. The lowest BCUT2D eigenvalue weighted by Crippen LogP contribution is -2.30. The Bertz CT molecular complexity index is 1190. The number of carbonyl (C=O) groups is 1. The van der Waals surface area contributed by atoms with Gasteiger partial charge in [-0.2, -0.15) is 5.10 Å². The van der Waals surface area contributed by atoms with E-state index >= 15 is 0 Å². The third-order valence-corrected chi connectivity index (χ3v) is 6.12.